The highest BCUT2D eigenvalue weighted by molar-refractivity contribution is 5.85. The minimum Gasteiger partial charge on any atom is -0.486 e. The van der Waals surface area contributed by atoms with Gasteiger partial charge in [0.25, 0.3) is 0 Å². The van der Waals surface area contributed by atoms with E-state index in [9.17, 15) is 9.59 Å². The van der Waals surface area contributed by atoms with Crippen LogP contribution in [0.5, 0.6) is 5.75 Å². The van der Waals surface area contributed by atoms with Crippen molar-refractivity contribution >= 4 is 16.8 Å². The molecule has 0 unspecified atom stereocenters. The predicted molar refractivity (Wildman–Crippen MR) is 70.4 cm³/mol. The van der Waals surface area contributed by atoms with E-state index in [0.717, 1.165) is 23.8 Å². The average molecular weight is 258 g/mol. The Bertz CT molecular complexity index is 695. The second kappa shape index (κ2) is 4.53. The summed E-state index contributed by atoms with van der Waals surface area (Å²) in [5.41, 5.74) is 0.976. The lowest BCUT2D eigenvalue weighted by Gasteiger charge is -2.06. The molecule has 0 saturated heterocycles. The molecule has 0 amide bonds. The van der Waals surface area contributed by atoms with Gasteiger partial charge in [-0.25, -0.2) is 4.79 Å². The Hall–Kier alpha value is -2.10. The molecule has 1 aromatic carbocycles. The molecule has 0 N–H and O–H groups in total. The Balaban J connectivity index is 1.84. The van der Waals surface area contributed by atoms with Crippen molar-refractivity contribution < 1.29 is 13.9 Å². The number of carbonyl (C=O) groups is 1. The first-order valence-electron chi connectivity index (χ1n) is 6.33. The molecule has 1 saturated carbocycles. The lowest BCUT2D eigenvalue weighted by molar-refractivity contribution is -0.122. The number of Topliss-reactive ketones (excluding diaryl/α,β-unsaturated/α-hetero) is 1. The van der Waals surface area contributed by atoms with Crippen molar-refractivity contribution in [3.05, 3.63) is 40.2 Å². The third kappa shape index (κ3) is 2.52. The van der Waals surface area contributed by atoms with Crippen LogP contribution >= 0.6 is 0 Å². The summed E-state index contributed by atoms with van der Waals surface area (Å²) in [6, 6.07) is 6.74. The standard InChI is InChI=1S/C15H14O4/c1-9-6-15(17)19-14-7-11(4-5-12(9)14)18-8-13(16)10-2-3-10/h4-7,10H,2-3,8H2,1H3. The van der Waals surface area contributed by atoms with Gasteiger partial charge in [0.2, 0.25) is 0 Å². The maximum atomic E-state index is 11.6. The van der Waals surface area contributed by atoms with Crippen LogP contribution in [0.3, 0.4) is 0 Å². The van der Waals surface area contributed by atoms with Crippen LogP contribution in [-0.2, 0) is 4.79 Å². The van der Waals surface area contributed by atoms with Crippen molar-refractivity contribution in [1.29, 1.82) is 0 Å². The Kier molecular flexibility index (Phi) is 2.85. The van der Waals surface area contributed by atoms with E-state index in [2.05, 4.69) is 0 Å². The second-order valence-electron chi connectivity index (χ2n) is 4.94. The minimum atomic E-state index is -0.379. The molecular formula is C15H14O4. The normalized spacial score (nSPS) is 14.6. The van der Waals surface area contributed by atoms with Gasteiger partial charge in [-0.05, 0) is 37.5 Å². The van der Waals surface area contributed by atoms with Crippen LogP contribution in [0.25, 0.3) is 11.0 Å². The van der Waals surface area contributed by atoms with Crippen molar-refractivity contribution in [3.63, 3.8) is 0 Å². The summed E-state index contributed by atoms with van der Waals surface area (Å²) in [6.45, 7) is 1.95. The van der Waals surface area contributed by atoms with E-state index >= 15 is 0 Å². The number of carbonyl (C=O) groups excluding carboxylic acids is 1. The number of ether oxygens (including phenoxy) is 1. The first-order valence-corrected chi connectivity index (χ1v) is 6.33. The number of fused-ring (bicyclic) bond motifs is 1. The van der Waals surface area contributed by atoms with Gasteiger partial charge in [0.05, 0.1) is 0 Å². The van der Waals surface area contributed by atoms with Gasteiger partial charge >= 0.3 is 5.63 Å². The zero-order chi connectivity index (χ0) is 13.4. The third-order valence-electron chi connectivity index (χ3n) is 3.34. The van der Waals surface area contributed by atoms with Gasteiger partial charge in [0.15, 0.2) is 5.78 Å². The summed E-state index contributed by atoms with van der Waals surface area (Å²) in [6.07, 6.45) is 1.96. The highest BCUT2D eigenvalue weighted by Gasteiger charge is 2.29. The van der Waals surface area contributed by atoms with E-state index < -0.39 is 0 Å². The fourth-order valence-electron chi connectivity index (χ4n) is 2.07. The lowest BCUT2D eigenvalue weighted by Crippen LogP contribution is -2.12. The van der Waals surface area contributed by atoms with Gasteiger partial charge in [-0.3, -0.25) is 4.79 Å². The first-order chi connectivity index (χ1) is 9.13. The van der Waals surface area contributed by atoms with Crippen LogP contribution in [0.2, 0.25) is 0 Å². The maximum Gasteiger partial charge on any atom is 0.336 e. The van der Waals surface area contributed by atoms with Gasteiger partial charge in [-0.15, -0.1) is 0 Å². The van der Waals surface area contributed by atoms with Gasteiger partial charge in [-0.2, -0.15) is 0 Å². The molecular weight excluding hydrogens is 244 g/mol. The molecule has 4 nitrogen and oxygen atoms in total. The van der Waals surface area contributed by atoms with E-state index in [4.69, 9.17) is 9.15 Å². The molecule has 1 aromatic heterocycles. The van der Waals surface area contributed by atoms with Gasteiger partial charge in [0.1, 0.15) is 17.9 Å². The SMILES string of the molecule is Cc1cc(=O)oc2cc(OCC(=O)C3CC3)ccc12. The Morgan fingerprint density at radius 3 is 2.89 bits per heavy atom. The molecule has 19 heavy (non-hydrogen) atoms. The van der Waals surface area contributed by atoms with E-state index in [1.54, 1.807) is 12.1 Å². The average Bonchev–Trinajstić information content (AvgIpc) is 3.19. The van der Waals surface area contributed by atoms with E-state index in [-0.39, 0.29) is 23.9 Å². The topological polar surface area (TPSA) is 56.5 Å². The molecule has 4 heteroatoms. The lowest BCUT2D eigenvalue weighted by atomic mass is 10.1. The third-order valence-corrected chi connectivity index (χ3v) is 3.34. The van der Waals surface area contributed by atoms with Crippen molar-refractivity contribution in [2.45, 2.75) is 19.8 Å². The Morgan fingerprint density at radius 1 is 1.37 bits per heavy atom. The molecule has 3 rings (SSSR count). The van der Waals surface area contributed by atoms with Crippen molar-refractivity contribution in [3.8, 4) is 5.75 Å². The fraction of sp³-hybridized carbons (Fsp3) is 0.333. The Morgan fingerprint density at radius 2 is 2.16 bits per heavy atom. The molecule has 0 spiro atoms. The fourth-order valence-corrected chi connectivity index (χ4v) is 2.07. The van der Waals surface area contributed by atoms with Crippen molar-refractivity contribution in [2.75, 3.05) is 6.61 Å². The van der Waals surface area contributed by atoms with Crippen LogP contribution in [0.1, 0.15) is 18.4 Å². The van der Waals surface area contributed by atoms with Crippen LogP contribution in [0, 0.1) is 12.8 Å². The van der Waals surface area contributed by atoms with Crippen LogP contribution < -0.4 is 10.4 Å². The molecule has 0 aliphatic heterocycles. The maximum absolute atomic E-state index is 11.6. The van der Waals surface area contributed by atoms with E-state index in [1.807, 2.05) is 13.0 Å². The summed E-state index contributed by atoms with van der Waals surface area (Å²) in [5, 5.41) is 0.875. The van der Waals surface area contributed by atoms with Crippen molar-refractivity contribution in [1.82, 2.24) is 0 Å². The highest BCUT2D eigenvalue weighted by Crippen LogP contribution is 2.30. The summed E-state index contributed by atoms with van der Waals surface area (Å²) in [4.78, 5) is 22.9. The quantitative estimate of drug-likeness (QED) is 0.790. The molecule has 1 fully saturated rings. The monoisotopic (exact) mass is 258 g/mol. The number of benzene rings is 1. The predicted octanol–water partition coefficient (Wildman–Crippen LogP) is 2.46. The zero-order valence-corrected chi connectivity index (χ0v) is 10.6. The van der Waals surface area contributed by atoms with Gasteiger partial charge in [-0.1, -0.05) is 0 Å². The van der Waals surface area contributed by atoms with E-state index in [1.165, 1.54) is 6.07 Å². The summed E-state index contributed by atoms with van der Waals surface area (Å²) in [7, 11) is 0. The number of aryl methyl sites for hydroxylation is 1. The summed E-state index contributed by atoms with van der Waals surface area (Å²) < 4.78 is 10.6. The largest absolute Gasteiger partial charge is 0.486 e. The molecule has 1 aliphatic carbocycles. The molecule has 0 radical (unpaired) electrons. The summed E-state index contributed by atoms with van der Waals surface area (Å²) in [5.74, 6) is 0.890. The number of hydrogen-bond donors (Lipinski definition) is 0. The Labute approximate surface area is 110 Å². The molecule has 98 valence electrons. The number of ketones is 1. The van der Waals surface area contributed by atoms with Crippen LogP contribution in [-0.4, -0.2) is 12.4 Å². The van der Waals surface area contributed by atoms with Crippen LogP contribution in [0.4, 0.5) is 0 Å². The molecule has 1 aliphatic rings. The van der Waals surface area contributed by atoms with Crippen LogP contribution in [0.15, 0.2) is 33.5 Å². The summed E-state index contributed by atoms with van der Waals surface area (Å²) >= 11 is 0. The molecule has 0 atom stereocenters. The van der Waals surface area contributed by atoms with Crippen molar-refractivity contribution in [2.24, 2.45) is 5.92 Å². The minimum absolute atomic E-state index is 0.0895. The number of hydrogen-bond acceptors (Lipinski definition) is 4. The smallest absolute Gasteiger partial charge is 0.336 e. The highest BCUT2D eigenvalue weighted by atomic mass is 16.5. The molecule has 0 bridgehead atoms. The molecule has 1 heterocycles. The van der Waals surface area contributed by atoms with Gasteiger partial charge in [0, 0.05) is 23.4 Å². The molecule has 2 aromatic rings. The number of rotatable bonds is 4. The second-order valence-corrected chi connectivity index (χ2v) is 4.94. The van der Waals surface area contributed by atoms with E-state index in [0.29, 0.717) is 11.3 Å². The van der Waals surface area contributed by atoms with Gasteiger partial charge < -0.3 is 9.15 Å². The zero-order valence-electron chi connectivity index (χ0n) is 10.6. The first kappa shape index (κ1) is 12.0.